The lowest BCUT2D eigenvalue weighted by atomic mass is 9.96. The second-order valence-electron chi connectivity index (χ2n) is 13.8. The predicted octanol–water partition coefficient (Wildman–Crippen LogP) is 2.46. The van der Waals surface area contributed by atoms with E-state index in [0.29, 0.717) is 11.1 Å². The van der Waals surface area contributed by atoms with Crippen LogP contribution in [-0.4, -0.2) is 116 Å². The molecule has 2 aromatic carbocycles. The Balaban J connectivity index is 1.57. The average Bonchev–Trinajstić information content (AvgIpc) is 3.17. The van der Waals surface area contributed by atoms with Gasteiger partial charge in [-0.1, -0.05) is 30.3 Å². The van der Waals surface area contributed by atoms with Crippen LogP contribution in [0.1, 0.15) is 48.5 Å². The Labute approximate surface area is 347 Å². The minimum atomic E-state index is -1.85. The van der Waals surface area contributed by atoms with E-state index in [1.165, 1.54) is 24.5 Å². The van der Waals surface area contributed by atoms with Gasteiger partial charge >= 0.3 is 41.8 Å². The topological polar surface area (TPSA) is 251 Å². The standard InChI is InChI=1S/C41H44O20/c1-19(42)50-17-31-34(53-21(3)44)36(54-22(4)45)39(57-25(7)48)41(60-31)61-35-32(18-51-20(2)43)59-40(38(56-24(6)47)37(35)55-23(5)46)58-27-13-14-28-30(15-27)52-16-29(33(28)49)26-11-9-8-10-12-26/h8-16,31-32,34-41H,17-18H2,1-7H3/t31-,32-,34-,35-,36+,37+,38-,39-,40-,41+/m1/s1. The fourth-order valence-electron chi connectivity index (χ4n) is 6.70. The van der Waals surface area contributed by atoms with Crippen molar-refractivity contribution in [3.05, 3.63) is 65.0 Å². The summed E-state index contributed by atoms with van der Waals surface area (Å²) in [5.74, 6) is -6.09. The monoisotopic (exact) mass is 856 g/mol. The lowest BCUT2D eigenvalue weighted by molar-refractivity contribution is -0.354. The highest BCUT2D eigenvalue weighted by molar-refractivity contribution is 5.82. The molecule has 1 aromatic heterocycles. The van der Waals surface area contributed by atoms with Crippen molar-refractivity contribution < 1.29 is 90.1 Å². The quantitative estimate of drug-likeness (QED) is 0.167. The zero-order valence-corrected chi connectivity index (χ0v) is 34.0. The third-order valence-corrected chi connectivity index (χ3v) is 8.97. The van der Waals surface area contributed by atoms with Crippen molar-refractivity contribution in [2.45, 2.75) is 110 Å². The third-order valence-electron chi connectivity index (χ3n) is 8.97. The van der Waals surface area contributed by atoms with Gasteiger partial charge in [0.15, 0.2) is 36.1 Å². The maximum atomic E-state index is 13.4. The number of carbonyl (C=O) groups excluding carboxylic acids is 7. The Kier molecular flexibility index (Phi) is 15.2. The molecule has 0 aliphatic carbocycles. The van der Waals surface area contributed by atoms with Gasteiger partial charge in [-0.3, -0.25) is 38.4 Å². The molecule has 0 radical (unpaired) electrons. The summed E-state index contributed by atoms with van der Waals surface area (Å²) in [5, 5.41) is 0.207. The maximum Gasteiger partial charge on any atom is 0.303 e. The number of esters is 7. The van der Waals surface area contributed by atoms with Crippen LogP contribution < -0.4 is 10.2 Å². The number of carbonyl (C=O) groups is 7. The van der Waals surface area contributed by atoms with E-state index in [1.807, 2.05) is 0 Å². The largest absolute Gasteiger partial charge is 0.463 e. The van der Waals surface area contributed by atoms with Gasteiger partial charge in [0, 0.05) is 54.5 Å². The molecule has 0 spiro atoms. The lowest BCUT2D eigenvalue weighted by Crippen LogP contribution is -2.67. The zero-order chi connectivity index (χ0) is 44.5. The first kappa shape index (κ1) is 45.7. The molecule has 2 aliphatic rings. The van der Waals surface area contributed by atoms with Crippen LogP contribution in [0.25, 0.3) is 22.1 Å². The van der Waals surface area contributed by atoms with Crippen molar-refractivity contribution in [3.63, 3.8) is 0 Å². The van der Waals surface area contributed by atoms with Crippen LogP contribution in [0.2, 0.25) is 0 Å². The summed E-state index contributed by atoms with van der Waals surface area (Å²) >= 11 is 0. The Morgan fingerprint density at radius 3 is 1.56 bits per heavy atom. The van der Waals surface area contributed by atoms with Crippen LogP contribution in [-0.2, 0) is 80.9 Å². The van der Waals surface area contributed by atoms with E-state index in [9.17, 15) is 38.4 Å². The van der Waals surface area contributed by atoms with E-state index in [2.05, 4.69) is 0 Å². The Hall–Kier alpha value is -6.38. The summed E-state index contributed by atoms with van der Waals surface area (Å²) in [6, 6.07) is 13.1. The first-order valence-corrected chi connectivity index (χ1v) is 18.8. The van der Waals surface area contributed by atoms with Gasteiger partial charge in [-0.25, -0.2) is 0 Å². The van der Waals surface area contributed by atoms with Gasteiger partial charge in [-0.2, -0.15) is 0 Å². The number of fused-ring (bicyclic) bond motifs is 1. The van der Waals surface area contributed by atoms with E-state index >= 15 is 0 Å². The SMILES string of the molecule is CC(=O)OC[C@H]1O[C@@H](O[C@H]2[C@H](OC(C)=O)[C@@H](OC(C)=O)[C@H](Oc3ccc4c(=O)c(-c5ccccc5)coc4c3)O[C@@H]2COC(C)=O)[C@H](OC(C)=O)[C@@H](OC(C)=O)[C@@H]1OC(C)=O. The zero-order valence-electron chi connectivity index (χ0n) is 34.0. The number of benzene rings is 2. The van der Waals surface area contributed by atoms with E-state index in [4.69, 9.17) is 56.5 Å². The van der Waals surface area contributed by atoms with Gasteiger partial charge in [0.1, 0.15) is 49.1 Å². The molecule has 0 bridgehead atoms. The third kappa shape index (κ3) is 11.9. The molecule has 5 rings (SSSR count). The second-order valence-corrected chi connectivity index (χ2v) is 13.8. The van der Waals surface area contributed by atoms with Gasteiger partial charge in [-0.15, -0.1) is 0 Å². The molecule has 0 unspecified atom stereocenters. The molecular weight excluding hydrogens is 812 g/mol. The van der Waals surface area contributed by atoms with Gasteiger partial charge in [0.25, 0.3) is 0 Å². The van der Waals surface area contributed by atoms with Crippen molar-refractivity contribution in [1.29, 1.82) is 0 Å². The minimum absolute atomic E-state index is 0.0250. The summed E-state index contributed by atoms with van der Waals surface area (Å²) in [5.41, 5.74) is 0.728. The first-order chi connectivity index (χ1) is 28.9. The van der Waals surface area contributed by atoms with Gasteiger partial charge < -0.3 is 56.5 Å². The Bertz CT molecular complexity index is 2160. The Morgan fingerprint density at radius 2 is 1.02 bits per heavy atom. The summed E-state index contributed by atoms with van der Waals surface area (Å²) in [7, 11) is 0. The molecule has 2 fully saturated rings. The van der Waals surface area contributed by atoms with E-state index in [-0.39, 0.29) is 22.1 Å². The molecule has 0 saturated carbocycles. The summed E-state index contributed by atoms with van der Waals surface area (Å²) in [6.07, 6.45) is -15.1. The first-order valence-electron chi connectivity index (χ1n) is 18.8. The summed E-state index contributed by atoms with van der Waals surface area (Å²) in [6.45, 7) is 6.15. The summed E-state index contributed by atoms with van der Waals surface area (Å²) in [4.78, 5) is 100. The lowest BCUT2D eigenvalue weighted by Gasteiger charge is -2.48. The Morgan fingerprint density at radius 1 is 0.541 bits per heavy atom. The predicted molar refractivity (Wildman–Crippen MR) is 202 cm³/mol. The van der Waals surface area contributed by atoms with E-state index in [0.717, 1.165) is 48.5 Å². The number of hydrogen-bond acceptors (Lipinski definition) is 20. The molecule has 3 aromatic rings. The van der Waals surface area contributed by atoms with Crippen molar-refractivity contribution in [1.82, 2.24) is 0 Å². The minimum Gasteiger partial charge on any atom is -0.463 e. The fourth-order valence-corrected chi connectivity index (χ4v) is 6.70. The second kappa shape index (κ2) is 20.3. The van der Waals surface area contributed by atoms with Crippen molar-refractivity contribution in [3.8, 4) is 16.9 Å². The highest BCUT2D eigenvalue weighted by Gasteiger charge is 2.58. The highest BCUT2D eigenvalue weighted by Crippen LogP contribution is 2.36. The van der Waals surface area contributed by atoms with Gasteiger partial charge in [0.2, 0.25) is 12.4 Å². The molecule has 20 nitrogen and oxygen atoms in total. The maximum absolute atomic E-state index is 13.4. The smallest absolute Gasteiger partial charge is 0.303 e. The normalized spacial score (nSPS) is 25.9. The van der Waals surface area contributed by atoms with Gasteiger partial charge in [0.05, 0.1) is 10.9 Å². The molecule has 0 amide bonds. The number of rotatable bonds is 14. The molecule has 10 atom stereocenters. The molecule has 0 N–H and O–H groups in total. The van der Waals surface area contributed by atoms with Crippen LogP contribution in [0, 0.1) is 0 Å². The van der Waals surface area contributed by atoms with Crippen molar-refractivity contribution in [2.24, 2.45) is 0 Å². The van der Waals surface area contributed by atoms with E-state index < -0.39 is 116 Å². The summed E-state index contributed by atoms with van der Waals surface area (Å²) < 4.78 is 68.9. The molecule has 328 valence electrons. The van der Waals surface area contributed by atoms with Crippen LogP contribution in [0.3, 0.4) is 0 Å². The number of hydrogen-bond donors (Lipinski definition) is 0. The van der Waals surface area contributed by atoms with Crippen LogP contribution in [0.15, 0.2) is 64.0 Å². The fraction of sp³-hybridized carbons (Fsp3) is 0.463. The highest BCUT2D eigenvalue weighted by atomic mass is 16.8. The molecule has 2 aliphatic heterocycles. The molecule has 61 heavy (non-hydrogen) atoms. The molecule has 3 heterocycles. The number of ether oxygens (including phenoxy) is 11. The van der Waals surface area contributed by atoms with Gasteiger partial charge in [-0.05, 0) is 17.7 Å². The van der Waals surface area contributed by atoms with Crippen LogP contribution >= 0.6 is 0 Å². The van der Waals surface area contributed by atoms with E-state index in [1.54, 1.807) is 30.3 Å². The van der Waals surface area contributed by atoms with Crippen LogP contribution in [0.5, 0.6) is 5.75 Å². The molecular formula is C41H44O20. The van der Waals surface area contributed by atoms with Crippen molar-refractivity contribution >= 4 is 52.8 Å². The van der Waals surface area contributed by atoms with Crippen molar-refractivity contribution in [2.75, 3.05) is 13.2 Å². The van der Waals surface area contributed by atoms with Crippen LogP contribution in [0.4, 0.5) is 0 Å². The average molecular weight is 857 g/mol. The molecule has 20 heteroatoms. The molecule has 2 saturated heterocycles.